The second-order valence-electron chi connectivity index (χ2n) is 3.62. The van der Waals surface area contributed by atoms with E-state index in [-0.39, 0.29) is 11.4 Å². The van der Waals surface area contributed by atoms with Gasteiger partial charge in [0, 0.05) is 24.1 Å². The molecule has 0 saturated carbocycles. The van der Waals surface area contributed by atoms with Gasteiger partial charge in [-0.15, -0.1) is 0 Å². The fourth-order valence-corrected chi connectivity index (χ4v) is 3.69. The number of rotatable bonds is 4. The second-order valence-corrected chi connectivity index (χ2v) is 5.84. The maximum atomic E-state index is 10.7. The highest BCUT2D eigenvalue weighted by Crippen LogP contribution is 2.44. The van der Waals surface area contributed by atoms with Crippen LogP contribution in [0.3, 0.4) is 0 Å². The SMILES string of the molecule is CC(=O)NCCSN1c2ccccc2SC1N. The third-order valence-corrected chi connectivity index (χ3v) is 4.56. The van der Waals surface area contributed by atoms with E-state index < -0.39 is 0 Å². The summed E-state index contributed by atoms with van der Waals surface area (Å²) >= 11 is 3.31. The van der Waals surface area contributed by atoms with Gasteiger partial charge in [-0.2, -0.15) is 0 Å². The molecule has 0 aliphatic carbocycles. The lowest BCUT2D eigenvalue weighted by atomic mass is 10.3. The maximum absolute atomic E-state index is 10.7. The molecule has 0 spiro atoms. The number of anilines is 1. The molecule has 1 aromatic rings. The third kappa shape index (κ3) is 3.08. The van der Waals surface area contributed by atoms with Crippen LogP contribution in [0.15, 0.2) is 29.2 Å². The fourth-order valence-electron chi connectivity index (χ4n) is 1.57. The Balaban J connectivity index is 1.90. The maximum Gasteiger partial charge on any atom is 0.216 e. The molecule has 2 rings (SSSR count). The van der Waals surface area contributed by atoms with Gasteiger partial charge < -0.3 is 11.1 Å². The first-order chi connectivity index (χ1) is 8.18. The van der Waals surface area contributed by atoms with Crippen molar-refractivity contribution in [3.63, 3.8) is 0 Å². The van der Waals surface area contributed by atoms with Crippen LogP contribution in [0.5, 0.6) is 0 Å². The molecule has 4 nitrogen and oxygen atoms in total. The highest BCUT2D eigenvalue weighted by atomic mass is 32.2. The summed E-state index contributed by atoms with van der Waals surface area (Å²) in [5.74, 6) is 0.827. The Hall–Kier alpha value is -0.850. The van der Waals surface area contributed by atoms with Gasteiger partial charge in [0.1, 0.15) is 5.50 Å². The molecule has 0 aromatic heterocycles. The summed E-state index contributed by atoms with van der Waals surface area (Å²) in [7, 11) is 0. The average molecular weight is 269 g/mol. The molecule has 17 heavy (non-hydrogen) atoms. The zero-order chi connectivity index (χ0) is 12.3. The van der Waals surface area contributed by atoms with E-state index in [1.807, 2.05) is 12.1 Å². The summed E-state index contributed by atoms with van der Waals surface area (Å²) in [6, 6.07) is 8.18. The van der Waals surface area contributed by atoms with E-state index in [9.17, 15) is 4.79 Å². The highest BCUT2D eigenvalue weighted by molar-refractivity contribution is 8.05. The van der Waals surface area contributed by atoms with Crippen molar-refractivity contribution < 1.29 is 4.79 Å². The summed E-state index contributed by atoms with van der Waals surface area (Å²) in [6.45, 7) is 2.19. The Labute approximate surface area is 109 Å². The lowest BCUT2D eigenvalue weighted by Gasteiger charge is -2.21. The highest BCUT2D eigenvalue weighted by Gasteiger charge is 2.27. The van der Waals surface area contributed by atoms with Crippen LogP contribution < -0.4 is 15.4 Å². The second kappa shape index (κ2) is 5.66. The fraction of sp³-hybridized carbons (Fsp3) is 0.364. The summed E-state index contributed by atoms with van der Waals surface area (Å²) in [5, 5.41) is 2.77. The first-order valence-electron chi connectivity index (χ1n) is 5.36. The molecule has 0 radical (unpaired) electrons. The lowest BCUT2D eigenvalue weighted by Crippen LogP contribution is -2.32. The molecule has 1 heterocycles. The minimum Gasteiger partial charge on any atom is -0.355 e. The number of hydrogen-bond donors (Lipinski definition) is 2. The van der Waals surface area contributed by atoms with E-state index in [4.69, 9.17) is 5.73 Å². The Bertz CT molecular complexity index is 413. The molecule has 92 valence electrons. The van der Waals surface area contributed by atoms with Gasteiger partial charge in [-0.25, -0.2) is 0 Å². The molecule has 1 aliphatic heterocycles. The first kappa shape index (κ1) is 12.6. The molecular formula is C11H15N3OS2. The molecule has 3 N–H and O–H groups in total. The number of nitrogens with one attached hydrogen (secondary N) is 1. The molecular weight excluding hydrogens is 254 g/mol. The summed E-state index contributed by atoms with van der Waals surface area (Å²) in [4.78, 5) is 12.0. The number of nitrogens with two attached hydrogens (primary N) is 1. The molecule has 1 atom stereocenters. The van der Waals surface area contributed by atoms with Crippen LogP contribution in [-0.4, -0.2) is 23.7 Å². The number of benzene rings is 1. The Morgan fingerprint density at radius 3 is 3.12 bits per heavy atom. The number of hydrogen-bond acceptors (Lipinski definition) is 5. The zero-order valence-electron chi connectivity index (χ0n) is 9.55. The minimum absolute atomic E-state index is 0.00564. The van der Waals surface area contributed by atoms with E-state index in [2.05, 4.69) is 21.8 Å². The first-order valence-corrected chi connectivity index (χ1v) is 7.18. The van der Waals surface area contributed by atoms with Crippen LogP contribution in [0.1, 0.15) is 6.92 Å². The number of fused-ring (bicyclic) bond motifs is 1. The van der Waals surface area contributed by atoms with Crippen molar-refractivity contribution in [2.45, 2.75) is 17.3 Å². The topological polar surface area (TPSA) is 58.4 Å². The van der Waals surface area contributed by atoms with E-state index in [1.54, 1.807) is 23.7 Å². The Morgan fingerprint density at radius 1 is 1.59 bits per heavy atom. The zero-order valence-corrected chi connectivity index (χ0v) is 11.2. The number of carbonyl (C=O) groups excluding carboxylic acids is 1. The van der Waals surface area contributed by atoms with Gasteiger partial charge >= 0.3 is 0 Å². The normalized spacial score (nSPS) is 18.0. The van der Waals surface area contributed by atoms with Gasteiger partial charge in [-0.3, -0.25) is 9.10 Å². The van der Waals surface area contributed by atoms with Gasteiger partial charge in [0.2, 0.25) is 5.91 Å². The molecule has 0 saturated heterocycles. The van der Waals surface area contributed by atoms with Crippen molar-refractivity contribution in [3.8, 4) is 0 Å². The molecule has 1 unspecified atom stereocenters. The summed E-state index contributed by atoms with van der Waals surface area (Å²) in [6.07, 6.45) is 0. The van der Waals surface area contributed by atoms with Gasteiger partial charge in [-0.1, -0.05) is 23.9 Å². The van der Waals surface area contributed by atoms with Crippen molar-refractivity contribution in [2.24, 2.45) is 5.73 Å². The van der Waals surface area contributed by atoms with Crippen molar-refractivity contribution >= 4 is 35.3 Å². The molecule has 1 aromatic carbocycles. The number of nitrogens with zero attached hydrogens (tertiary/aromatic N) is 1. The van der Waals surface area contributed by atoms with Gasteiger partial charge in [0.05, 0.1) is 5.69 Å². The average Bonchev–Trinajstić information content (AvgIpc) is 2.60. The minimum atomic E-state index is -0.0465. The lowest BCUT2D eigenvalue weighted by molar-refractivity contribution is -0.118. The molecule has 1 amide bonds. The van der Waals surface area contributed by atoms with Gasteiger partial charge in [0.15, 0.2) is 0 Å². The van der Waals surface area contributed by atoms with Crippen LogP contribution in [0, 0.1) is 0 Å². The molecule has 6 heteroatoms. The van der Waals surface area contributed by atoms with Crippen LogP contribution in [-0.2, 0) is 4.79 Å². The monoisotopic (exact) mass is 269 g/mol. The van der Waals surface area contributed by atoms with Gasteiger partial charge in [0.25, 0.3) is 0 Å². The summed E-state index contributed by atoms with van der Waals surface area (Å²) < 4.78 is 2.10. The quantitative estimate of drug-likeness (QED) is 0.642. The molecule has 0 fully saturated rings. The van der Waals surface area contributed by atoms with Crippen LogP contribution >= 0.6 is 23.7 Å². The predicted octanol–water partition coefficient (Wildman–Crippen LogP) is 1.63. The van der Waals surface area contributed by atoms with E-state index in [1.165, 1.54) is 11.8 Å². The predicted molar refractivity (Wildman–Crippen MR) is 73.9 cm³/mol. The van der Waals surface area contributed by atoms with Crippen molar-refractivity contribution in [3.05, 3.63) is 24.3 Å². The Morgan fingerprint density at radius 2 is 2.35 bits per heavy atom. The third-order valence-electron chi connectivity index (χ3n) is 2.29. The number of para-hydroxylation sites is 1. The van der Waals surface area contributed by atoms with Crippen LogP contribution in [0.4, 0.5) is 5.69 Å². The smallest absolute Gasteiger partial charge is 0.216 e. The largest absolute Gasteiger partial charge is 0.355 e. The van der Waals surface area contributed by atoms with E-state index in [0.29, 0.717) is 6.54 Å². The van der Waals surface area contributed by atoms with Crippen LogP contribution in [0.2, 0.25) is 0 Å². The molecule has 0 bridgehead atoms. The van der Waals surface area contributed by atoms with Crippen LogP contribution in [0.25, 0.3) is 0 Å². The van der Waals surface area contributed by atoms with E-state index in [0.717, 1.165) is 11.4 Å². The molecule has 1 aliphatic rings. The van der Waals surface area contributed by atoms with Crippen molar-refractivity contribution in [1.82, 2.24) is 5.32 Å². The van der Waals surface area contributed by atoms with Crippen molar-refractivity contribution in [1.29, 1.82) is 0 Å². The van der Waals surface area contributed by atoms with E-state index >= 15 is 0 Å². The Kier molecular flexibility index (Phi) is 4.20. The van der Waals surface area contributed by atoms with Crippen molar-refractivity contribution in [2.75, 3.05) is 16.6 Å². The summed E-state index contributed by atoms with van der Waals surface area (Å²) in [5.41, 5.74) is 7.17. The standard InChI is InChI=1S/C11H15N3OS2/c1-8(15)13-6-7-16-14-9-4-2-3-5-10(9)17-11(14)12/h2-5,11H,6-7,12H2,1H3,(H,13,15). The number of amides is 1. The number of carbonyl (C=O) groups is 1. The number of thioether (sulfide) groups is 1. The van der Waals surface area contributed by atoms with Gasteiger partial charge in [-0.05, 0) is 24.1 Å².